The van der Waals surface area contributed by atoms with Gasteiger partial charge in [0.1, 0.15) is 21.6 Å². The number of unbranched alkanes of at least 4 members (excludes halogenated alkanes) is 2. The third kappa shape index (κ3) is 5.19. The molecule has 0 saturated carbocycles. The minimum atomic E-state index is -0.260. The molecule has 4 heterocycles. The van der Waals surface area contributed by atoms with Gasteiger partial charge in [-0.25, -0.2) is 9.37 Å². The van der Waals surface area contributed by atoms with Crippen LogP contribution in [0.3, 0.4) is 0 Å². The van der Waals surface area contributed by atoms with Gasteiger partial charge >= 0.3 is 0 Å². The Morgan fingerprint density at radius 2 is 1.76 bits per heavy atom. The van der Waals surface area contributed by atoms with E-state index in [1.165, 1.54) is 23.9 Å². The van der Waals surface area contributed by atoms with Crippen molar-refractivity contribution in [3.63, 3.8) is 0 Å². The van der Waals surface area contributed by atoms with Gasteiger partial charge in [-0.3, -0.25) is 18.9 Å². The second-order valence-corrected chi connectivity index (χ2v) is 11.2. The first-order valence-electron chi connectivity index (χ1n) is 12.9. The summed E-state index contributed by atoms with van der Waals surface area (Å²) < 4.78 is 15.5. The van der Waals surface area contributed by atoms with Crippen LogP contribution < -0.4 is 15.4 Å². The molecule has 0 bridgehead atoms. The summed E-state index contributed by atoms with van der Waals surface area (Å²) in [5.74, 6) is 0.153. The first kappa shape index (κ1) is 26.4. The van der Waals surface area contributed by atoms with Gasteiger partial charge in [-0.15, -0.1) is 0 Å². The molecule has 2 aliphatic rings. The molecule has 7 nitrogen and oxygen atoms in total. The largest absolute Gasteiger partial charge is 0.368 e. The number of thiocarbonyl (C=S) groups is 1. The fourth-order valence-corrected chi connectivity index (χ4v) is 6.13. The predicted octanol–water partition coefficient (Wildman–Crippen LogP) is 4.86. The van der Waals surface area contributed by atoms with E-state index in [9.17, 15) is 14.0 Å². The molecule has 10 heteroatoms. The number of halogens is 1. The normalized spacial score (nSPS) is 17.3. The number of piperazine rings is 1. The fraction of sp³-hybridized carbons (Fsp3) is 0.357. The van der Waals surface area contributed by atoms with E-state index in [1.54, 1.807) is 33.7 Å². The monoisotopic (exact) mass is 551 g/mol. The van der Waals surface area contributed by atoms with Gasteiger partial charge in [-0.2, -0.15) is 0 Å². The molecule has 0 aliphatic carbocycles. The van der Waals surface area contributed by atoms with Crippen molar-refractivity contribution in [2.24, 2.45) is 0 Å². The van der Waals surface area contributed by atoms with Crippen molar-refractivity contribution in [1.29, 1.82) is 0 Å². The Hall–Kier alpha value is -3.24. The van der Waals surface area contributed by atoms with Crippen molar-refractivity contribution in [2.45, 2.75) is 33.1 Å². The Morgan fingerprint density at radius 3 is 2.47 bits per heavy atom. The zero-order valence-corrected chi connectivity index (χ0v) is 23.2. The number of nitrogens with zero attached hydrogens (tertiary/aromatic N) is 5. The van der Waals surface area contributed by atoms with E-state index < -0.39 is 0 Å². The van der Waals surface area contributed by atoms with Crippen molar-refractivity contribution < 1.29 is 9.18 Å². The van der Waals surface area contributed by atoms with Gasteiger partial charge in [0.15, 0.2) is 0 Å². The number of pyridine rings is 1. The number of rotatable bonds is 7. The molecule has 0 atom stereocenters. The Morgan fingerprint density at radius 1 is 1.05 bits per heavy atom. The molecule has 2 aliphatic heterocycles. The molecule has 1 aromatic carbocycles. The van der Waals surface area contributed by atoms with Crippen LogP contribution in [0.4, 0.5) is 15.9 Å². The highest BCUT2D eigenvalue weighted by molar-refractivity contribution is 8.26. The van der Waals surface area contributed by atoms with Crippen molar-refractivity contribution in [3.8, 4) is 0 Å². The second-order valence-electron chi connectivity index (χ2n) is 9.53. The van der Waals surface area contributed by atoms with Gasteiger partial charge in [-0.1, -0.05) is 49.8 Å². The van der Waals surface area contributed by atoms with E-state index in [1.807, 2.05) is 19.1 Å². The average molecular weight is 552 g/mol. The summed E-state index contributed by atoms with van der Waals surface area (Å²) in [6.45, 7) is 7.28. The number of thioether (sulfide) groups is 1. The molecular weight excluding hydrogens is 521 g/mol. The predicted molar refractivity (Wildman–Crippen MR) is 156 cm³/mol. The number of fused-ring (bicyclic) bond motifs is 1. The summed E-state index contributed by atoms with van der Waals surface area (Å²) in [5, 5.41) is 0. The molecule has 3 aromatic rings. The zero-order chi connectivity index (χ0) is 26.8. The van der Waals surface area contributed by atoms with Crippen LogP contribution in [0.2, 0.25) is 0 Å². The minimum Gasteiger partial charge on any atom is -0.368 e. The SMILES string of the molecule is CCCCCN1C(=O)/C(=C\c2c(N3CCN(c4ccc(F)cc4)CC3)nc3c(C)cccn3c2=O)SC1=S. The lowest BCUT2D eigenvalue weighted by molar-refractivity contribution is -0.122. The van der Waals surface area contributed by atoms with Crippen LogP contribution in [-0.4, -0.2) is 57.2 Å². The number of hydrogen-bond donors (Lipinski definition) is 0. The van der Waals surface area contributed by atoms with E-state index in [-0.39, 0.29) is 17.3 Å². The summed E-state index contributed by atoms with van der Waals surface area (Å²) in [5.41, 5.74) is 2.62. The smallest absolute Gasteiger partial charge is 0.267 e. The fourth-order valence-electron chi connectivity index (χ4n) is 4.84. The lowest BCUT2D eigenvalue weighted by Gasteiger charge is -2.37. The molecule has 2 saturated heterocycles. The third-order valence-corrected chi connectivity index (χ3v) is 8.35. The molecule has 0 unspecified atom stereocenters. The molecule has 2 fully saturated rings. The Bertz CT molecular complexity index is 1460. The van der Waals surface area contributed by atoms with E-state index in [0.717, 1.165) is 30.5 Å². The van der Waals surface area contributed by atoms with Gasteiger partial charge in [-0.05, 0) is 55.3 Å². The van der Waals surface area contributed by atoms with E-state index in [4.69, 9.17) is 17.2 Å². The number of aryl methyl sites for hydroxylation is 1. The maximum atomic E-state index is 13.8. The van der Waals surface area contributed by atoms with Gasteiger partial charge in [0.25, 0.3) is 11.5 Å². The zero-order valence-electron chi connectivity index (χ0n) is 21.5. The van der Waals surface area contributed by atoms with E-state index >= 15 is 0 Å². The van der Waals surface area contributed by atoms with Crippen LogP contribution in [0.1, 0.15) is 37.3 Å². The van der Waals surface area contributed by atoms with Gasteiger partial charge in [0.05, 0.1) is 10.5 Å². The third-order valence-electron chi connectivity index (χ3n) is 6.97. The van der Waals surface area contributed by atoms with Crippen molar-refractivity contribution >= 4 is 57.4 Å². The lowest BCUT2D eigenvalue weighted by atomic mass is 10.2. The summed E-state index contributed by atoms with van der Waals surface area (Å²) in [4.78, 5) is 38.3. The van der Waals surface area contributed by atoms with Crippen LogP contribution in [-0.2, 0) is 4.79 Å². The summed E-state index contributed by atoms with van der Waals surface area (Å²) in [6.07, 6.45) is 6.35. The molecule has 0 spiro atoms. The Balaban J connectivity index is 1.49. The molecular formula is C28H30FN5O2S2. The van der Waals surface area contributed by atoms with Crippen LogP contribution in [0, 0.1) is 12.7 Å². The summed E-state index contributed by atoms with van der Waals surface area (Å²) in [6, 6.07) is 10.2. The molecule has 1 amide bonds. The highest BCUT2D eigenvalue weighted by Crippen LogP contribution is 2.34. The standard InChI is InChI=1S/C28H30FN5O2S2/c1-3-4-5-12-34-27(36)23(38-28(34)37)18-22-25(30-24-19(2)7-6-13-33(24)26(22)35)32-16-14-31(15-17-32)21-10-8-20(29)9-11-21/h6-11,13,18H,3-5,12,14-17H2,1-2H3/b23-18+. The maximum absolute atomic E-state index is 13.8. The number of benzene rings is 1. The van der Waals surface area contributed by atoms with E-state index in [2.05, 4.69) is 16.7 Å². The van der Waals surface area contributed by atoms with Crippen molar-refractivity contribution in [1.82, 2.24) is 14.3 Å². The Kier molecular flexibility index (Phi) is 7.80. The molecule has 198 valence electrons. The number of amides is 1. The molecule has 2 aromatic heterocycles. The van der Waals surface area contributed by atoms with Gasteiger partial charge in [0.2, 0.25) is 0 Å². The van der Waals surface area contributed by atoms with Gasteiger partial charge in [0, 0.05) is 44.6 Å². The number of hydrogen-bond acceptors (Lipinski definition) is 7. The summed E-state index contributed by atoms with van der Waals surface area (Å²) in [7, 11) is 0. The van der Waals surface area contributed by atoms with Crippen LogP contribution >= 0.6 is 24.0 Å². The first-order valence-corrected chi connectivity index (χ1v) is 14.1. The second kappa shape index (κ2) is 11.2. The van der Waals surface area contributed by atoms with Crippen LogP contribution in [0.25, 0.3) is 11.7 Å². The highest BCUT2D eigenvalue weighted by atomic mass is 32.2. The number of carbonyl (C=O) groups is 1. The van der Waals surface area contributed by atoms with Crippen LogP contribution in [0.15, 0.2) is 52.3 Å². The van der Waals surface area contributed by atoms with Crippen LogP contribution in [0.5, 0.6) is 0 Å². The molecule has 0 N–H and O–H groups in total. The highest BCUT2D eigenvalue weighted by Gasteiger charge is 2.33. The first-order chi connectivity index (χ1) is 18.4. The number of aromatic nitrogens is 2. The minimum absolute atomic E-state index is 0.156. The molecule has 5 rings (SSSR count). The number of anilines is 2. The maximum Gasteiger partial charge on any atom is 0.267 e. The Labute approximate surface area is 230 Å². The molecule has 38 heavy (non-hydrogen) atoms. The van der Waals surface area contributed by atoms with Crippen molar-refractivity contribution in [2.75, 3.05) is 42.5 Å². The lowest BCUT2D eigenvalue weighted by Crippen LogP contribution is -2.47. The number of carbonyl (C=O) groups excluding carboxylic acids is 1. The quantitative estimate of drug-likeness (QED) is 0.236. The van der Waals surface area contributed by atoms with Gasteiger partial charge < -0.3 is 9.80 Å². The summed E-state index contributed by atoms with van der Waals surface area (Å²) >= 11 is 6.74. The molecule has 0 radical (unpaired) electrons. The van der Waals surface area contributed by atoms with Crippen molar-refractivity contribution in [3.05, 3.63) is 74.8 Å². The average Bonchev–Trinajstić information content (AvgIpc) is 3.18. The van der Waals surface area contributed by atoms with E-state index in [0.29, 0.717) is 59.0 Å². The topological polar surface area (TPSA) is 61.2 Å².